The average molecular weight is 239 g/mol. The lowest BCUT2D eigenvalue weighted by Gasteiger charge is -2.42. The van der Waals surface area contributed by atoms with Gasteiger partial charge in [-0.3, -0.25) is 0 Å². The molecule has 0 N–H and O–H groups in total. The second-order valence-corrected chi connectivity index (χ2v) is 6.53. The molecular weight excluding hydrogens is 214 g/mol. The molecule has 0 aromatic carbocycles. The van der Waals surface area contributed by atoms with Crippen molar-refractivity contribution in [2.24, 2.45) is 10.8 Å². The summed E-state index contributed by atoms with van der Waals surface area (Å²) in [7, 11) is 0. The maximum atomic E-state index is 11.4. The van der Waals surface area contributed by atoms with Gasteiger partial charge in [0.25, 0.3) is 0 Å². The molecule has 0 aromatic rings. The Morgan fingerprint density at radius 3 is 2.24 bits per heavy atom. The van der Waals surface area contributed by atoms with Gasteiger partial charge in [0.2, 0.25) is 0 Å². The van der Waals surface area contributed by atoms with E-state index in [1.165, 1.54) is 19.1 Å². The highest BCUT2D eigenvalue weighted by Gasteiger charge is 2.36. The molecule has 0 aromatic heterocycles. The number of nitrogens with zero attached hydrogens (tertiary/aromatic N) is 1. The zero-order chi connectivity index (χ0) is 12.4. The van der Waals surface area contributed by atoms with Crippen molar-refractivity contribution in [3.8, 4) is 0 Å². The average Bonchev–Trinajstić information content (AvgIpc) is 2.33. The molecule has 2 rings (SSSR count). The summed E-state index contributed by atoms with van der Waals surface area (Å²) in [4.78, 5) is 13.9. The molecule has 17 heavy (non-hydrogen) atoms. The topological polar surface area (TPSA) is 29.5 Å². The van der Waals surface area contributed by atoms with Crippen molar-refractivity contribution in [3.05, 3.63) is 0 Å². The highest BCUT2D eigenvalue weighted by atomic mass is 16.5. The van der Waals surface area contributed by atoms with Crippen LogP contribution in [0.3, 0.4) is 0 Å². The number of piperidine rings is 1. The van der Waals surface area contributed by atoms with Crippen LogP contribution in [0, 0.1) is 10.8 Å². The third-order valence-corrected chi connectivity index (χ3v) is 4.49. The number of rotatable bonds is 3. The maximum Gasteiger partial charge on any atom is 0.127 e. The summed E-state index contributed by atoms with van der Waals surface area (Å²) in [5.41, 5.74) is 0.361. The molecule has 3 nitrogen and oxygen atoms in total. The van der Waals surface area contributed by atoms with Gasteiger partial charge in [0, 0.05) is 25.2 Å². The normalized spacial score (nSPS) is 28.8. The van der Waals surface area contributed by atoms with Crippen LogP contribution in [0.1, 0.15) is 39.5 Å². The summed E-state index contributed by atoms with van der Waals surface area (Å²) in [6.07, 6.45) is 5.49. The van der Waals surface area contributed by atoms with E-state index in [1.807, 2.05) is 0 Å². The number of hydrogen-bond acceptors (Lipinski definition) is 3. The number of carbonyl (C=O) groups is 1. The van der Waals surface area contributed by atoms with Crippen molar-refractivity contribution in [3.63, 3.8) is 0 Å². The van der Waals surface area contributed by atoms with E-state index in [0.717, 1.165) is 45.7 Å². The molecule has 0 amide bonds. The summed E-state index contributed by atoms with van der Waals surface area (Å²) in [5.74, 6) is 0. The van der Waals surface area contributed by atoms with E-state index >= 15 is 0 Å². The second-order valence-electron chi connectivity index (χ2n) is 6.53. The van der Waals surface area contributed by atoms with E-state index in [2.05, 4.69) is 18.7 Å². The van der Waals surface area contributed by atoms with Gasteiger partial charge in [0.05, 0.1) is 0 Å². The number of ether oxygens (including phenoxy) is 1. The van der Waals surface area contributed by atoms with Crippen molar-refractivity contribution in [2.45, 2.75) is 39.5 Å². The van der Waals surface area contributed by atoms with Crippen molar-refractivity contribution >= 4 is 6.29 Å². The first-order valence-electron chi connectivity index (χ1n) is 6.82. The highest BCUT2D eigenvalue weighted by Crippen LogP contribution is 2.34. The molecule has 0 radical (unpaired) electrons. The monoisotopic (exact) mass is 239 g/mol. The van der Waals surface area contributed by atoms with Crippen LogP contribution in [0.25, 0.3) is 0 Å². The minimum atomic E-state index is -0.125. The Labute approximate surface area is 105 Å². The maximum absolute atomic E-state index is 11.4. The van der Waals surface area contributed by atoms with Crippen LogP contribution in [0.15, 0.2) is 0 Å². The molecule has 3 heteroatoms. The Morgan fingerprint density at radius 2 is 1.71 bits per heavy atom. The lowest BCUT2D eigenvalue weighted by Crippen LogP contribution is -2.46. The summed E-state index contributed by atoms with van der Waals surface area (Å²) in [6, 6.07) is 0. The molecule has 2 fully saturated rings. The molecule has 2 heterocycles. The minimum absolute atomic E-state index is 0.125. The largest absolute Gasteiger partial charge is 0.381 e. The van der Waals surface area contributed by atoms with E-state index in [0.29, 0.717) is 5.41 Å². The van der Waals surface area contributed by atoms with E-state index < -0.39 is 0 Å². The van der Waals surface area contributed by atoms with Gasteiger partial charge in [-0.2, -0.15) is 0 Å². The zero-order valence-corrected chi connectivity index (χ0v) is 11.2. The Bertz CT molecular complexity index is 259. The fraction of sp³-hybridized carbons (Fsp3) is 0.929. The summed E-state index contributed by atoms with van der Waals surface area (Å²) < 4.78 is 5.37. The van der Waals surface area contributed by atoms with Gasteiger partial charge in [-0.1, -0.05) is 13.8 Å². The lowest BCUT2D eigenvalue weighted by molar-refractivity contribution is -0.123. The standard InChI is InChI=1S/C14H25NO2/c1-13(2)3-7-15(8-4-13)11-14(12-16)5-9-17-10-6-14/h12H,3-11H2,1-2H3. The third-order valence-electron chi connectivity index (χ3n) is 4.49. The van der Waals surface area contributed by atoms with Gasteiger partial charge < -0.3 is 14.4 Å². The Hall–Kier alpha value is -0.410. The molecular formula is C14H25NO2. The second kappa shape index (κ2) is 5.07. The van der Waals surface area contributed by atoms with Crippen LogP contribution in [0.2, 0.25) is 0 Å². The first-order valence-corrected chi connectivity index (χ1v) is 6.82. The number of hydrogen-bond donors (Lipinski definition) is 0. The fourth-order valence-electron chi connectivity index (χ4n) is 2.85. The summed E-state index contributed by atoms with van der Waals surface area (Å²) >= 11 is 0. The molecule has 2 aliphatic rings. The molecule has 0 saturated carbocycles. The van der Waals surface area contributed by atoms with E-state index in [4.69, 9.17) is 4.74 Å². The van der Waals surface area contributed by atoms with Crippen molar-refractivity contribution < 1.29 is 9.53 Å². The van der Waals surface area contributed by atoms with Crippen LogP contribution in [-0.4, -0.2) is 44.0 Å². The number of aldehydes is 1. The fourth-order valence-corrected chi connectivity index (χ4v) is 2.85. The zero-order valence-electron chi connectivity index (χ0n) is 11.2. The summed E-state index contributed by atoms with van der Waals surface area (Å²) in [6.45, 7) is 9.40. The third kappa shape index (κ3) is 3.29. The predicted molar refractivity (Wildman–Crippen MR) is 68.0 cm³/mol. The van der Waals surface area contributed by atoms with Gasteiger partial charge in [-0.15, -0.1) is 0 Å². The van der Waals surface area contributed by atoms with Crippen LogP contribution in [0.5, 0.6) is 0 Å². The SMILES string of the molecule is CC1(C)CCN(CC2(C=O)CCOCC2)CC1. The van der Waals surface area contributed by atoms with Crippen molar-refractivity contribution in [1.82, 2.24) is 4.90 Å². The predicted octanol–water partition coefficient (Wildman–Crippen LogP) is 2.10. The molecule has 0 bridgehead atoms. The van der Waals surface area contributed by atoms with E-state index in [9.17, 15) is 4.79 Å². The molecule has 0 unspecified atom stereocenters. The van der Waals surface area contributed by atoms with Crippen LogP contribution >= 0.6 is 0 Å². The van der Waals surface area contributed by atoms with Crippen molar-refractivity contribution in [2.75, 3.05) is 32.8 Å². The van der Waals surface area contributed by atoms with Crippen LogP contribution in [0.4, 0.5) is 0 Å². The van der Waals surface area contributed by atoms with Gasteiger partial charge in [-0.25, -0.2) is 0 Å². The summed E-state index contributed by atoms with van der Waals surface area (Å²) in [5, 5.41) is 0. The molecule has 0 spiro atoms. The Morgan fingerprint density at radius 1 is 1.12 bits per heavy atom. The van der Waals surface area contributed by atoms with Crippen LogP contribution < -0.4 is 0 Å². The molecule has 0 atom stereocenters. The highest BCUT2D eigenvalue weighted by molar-refractivity contribution is 5.60. The van der Waals surface area contributed by atoms with Gasteiger partial charge >= 0.3 is 0 Å². The smallest absolute Gasteiger partial charge is 0.127 e. The molecule has 2 aliphatic heterocycles. The number of likely N-dealkylation sites (tertiary alicyclic amines) is 1. The lowest BCUT2D eigenvalue weighted by atomic mass is 9.78. The molecule has 98 valence electrons. The molecule has 0 aliphatic carbocycles. The van der Waals surface area contributed by atoms with E-state index in [-0.39, 0.29) is 5.41 Å². The van der Waals surface area contributed by atoms with Gasteiger partial charge in [-0.05, 0) is 44.2 Å². The van der Waals surface area contributed by atoms with E-state index in [1.54, 1.807) is 0 Å². The quantitative estimate of drug-likeness (QED) is 0.706. The Balaban J connectivity index is 1.89. The van der Waals surface area contributed by atoms with Crippen LogP contribution in [-0.2, 0) is 9.53 Å². The number of carbonyl (C=O) groups excluding carboxylic acids is 1. The Kier molecular flexibility index (Phi) is 3.88. The van der Waals surface area contributed by atoms with Gasteiger partial charge in [0.1, 0.15) is 6.29 Å². The molecule has 2 saturated heterocycles. The van der Waals surface area contributed by atoms with Gasteiger partial charge in [0.15, 0.2) is 0 Å². The minimum Gasteiger partial charge on any atom is -0.381 e. The first kappa shape index (κ1) is 13.0. The first-order chi connectivity index (χ1) is 8.05. The van der Waals surface area contributed by atoms with Crippen molar-refractivity contribution in [1.29, 1.82) is 0 Å².